The Hall–Kier alpha value is -0.930. The van der Waals surface area contributed by atoms with E-state index in [4.69, 9.17) is 5.73 Å². The maximum Gasteiger partial charge on any atom is 0.0544 e. The van der Waals surface area contributed by atoms with Crippen LogP contribution in [-0.4, -0.2) is 28.5 Å². The van der Waals surface area contributed by atoms with E-state index in [1.807, 2.05) is 12.3 Å². The smallest absolute Gasteiger partial charge is 0.0544 e. The quantitative estimate of drug-likeness (QED) is 0.888. The lowest BCUT2D eigenvalue weighted by molar-refractivity contribution is 0.0115. The normalized spacial score (nSPS) is 24.1. The van der Waals surface area contributed by atoms with Crippen molar-refractivity contribution in [3.8, 4) is 0 Å². The van der Waals surface area contributed by atoms with Crippen LogP contribution in [0.15, 0.2) is 24.4 Å². The van der Waals surface area contributed by atoms with Crippen molar-refractivity contribution in [2.45, 2.75) is 45.2 Å². The van der Waals surface area contributed by atoms with Crippen molar-refractivity contribution in [3.63, 3.8) is 0 Å². The third-order valence-corrected chi connectivity index (χ3v) is 4.39. The second-order valence-corrected chi connectivity index (χ2v) is 5.81. The molecule has 2 heterocycles. The van der Waals surface area contributed by atoms with Crippen LogP contribution in [-0.2, 0) is 6.54 Å². The molecular formula is C15H25N3. The van der Waals surface area contributed by atoms with Crippen LogP contribution in [0.25, 0.3) is 0 Å². The first-order valence-electron chi connectivity index (χ1n) is 6.99. The lowest BCUT2D eigenvalue weighted by atomic mass is 9.77. The van der Waals surface area contributed by atoms with Crippen LogP contribution in [0, 0.1) is 5.92 Å². The Morgan fingerprint density at radius 1 is 1.44 bits per heavy atom. The largest absolute Gasteiger partial charge is 0.330 e. The first-order valence-corrected chi connectivity index (χ1v) is 6.99. The van der Waals surface area contributed by atoms with Crippen LogP contribution in [0.3, 0.4) is 0 Å². The summed E-state index contributed by atoms with van der Waals surface area (Å²) in [7, 11) is 0. The van der Waals surface area contributed by atoms with Gasteiger partial charge in [0.1, 0.15) is 0 Å². The highest BCUT2D eigenvalue weighted by Gasteiger charge is 2.37. The van der Waals surface area contributed by atoms with Gasteiger partial charge in [-0.25, -0.2) is 0 Å². The molecule has 0 amide bonds. The van der Waals surface area contributed by atoms with E-state index < -0.39 is 0 Å². The molecule has 0 bridgehead atoms. The molecule has 2 rings (SSSR count). The number of aromatic nitrogens is 1. The number of nitrogens with two attached hydrogens (primary N) is 1. The molecule has 0 spiro atoms. The maximum absolute atomic E-state index is 5.75. The average molecular weight is 247 g/mol. The van der Waals surface area contributed by atoms with Crippen LogP contribution < -0.4 is 5.73 Å². The molecule has 1 aliphatic heterocycles. The third kappa shape index (κ3) is 2.90. The minimum Gasteiger partial charge on any atom is -0.330 e. The standard InChI is InChI=1S/C15H25N3/c1-15(2)13(8-9-16)6-5-11-18(15)12-14-7-3-4-10-17-14/h3-4,7,10,13H,5-6,8-9,11-12,16H2,1-2H3. The molecule has 1 unspecified atom stereocenters. The molecule has 0 aromatic carbocycles. The molecule has 1 aromatic heterocycles. The van der Waals surface area contributed by atoms with Crippen molar-refractivity contribution >= 4 is 0 Å². The Bertz CT molecular complexity index is 359. The van der Waals surface area contributed by atoms with Gasteiger partial charge in [0.25, 0.3) is 0 Å². The molecule has 1 saturated heterocycles. The molecule has 1 atom stereocenters. The molecule has 100 valence electrons. The van der Waals surface area contributed by atoms with Gasteiger partial charge in [0.05, 0.1) is 5.69 Å². The van der Waals surface area contributed by atoms with E-state index in [-0.39, 0.29) is 5.54 Å². The molecular weight excluding hydrogens is 222 g/mol. The number of likely N-dealkylation sites (tertiary alicyclic amines) is 1. The molecule has 2 N–H and O–H groups in total. The number of piperidine rings is 1. The highest BCUT2D eigenvalue weighted by molar-refractivity contribution is 5.05. The SMILES string of the molecule is CC1(C)C(CCN)CCCN1Cc1ccccn1. The predicted octanol–water partition coefficient (Wildman–Crippen LogP) is 2.42. The fourth-order valence-electron chi connectivity index (χ4n) is 3.10. The summed E-state index contributed by atoms with van der Waals surface area (Å²) in [6, 6.07) is 6.15. The highest BCUT2D eigenvalue weighted by atomic mass is 15.2. The molecule has 0 saturated carbocycles. The number of hydrogen-bond donors (Lipinski definition) is 1. The Balaban J connectivity index is 2.07. The van der Waals surface area contributed by atoms with E-state index in [9.17, 15) is 0 Å². The van der Waals surface area contributed by atoms with Crippen LogP contribution in [0.4, 0.5) is 0 Å². The number of rotatable bonds is 4. The summed E-state index contributed by atoms with van der Waals surface area (Å²) >= 11 is 0. The van der Waals surface area contributed by atoms with Gasteiger partial charge in [-0.05, 0) is 64.3 Å². The molecule has 18 heavy (non-hydrogen) atoms. The number of nitrogens with zero attached hydrogens (tertiary/aromatic N) is 2. The van der Waals surface area contributed by atoms with Gasteiger partial charge in [-0.1, -0.05) is 6.07 Å². The zero-order valence-corrected chi connectivity index (χ0v) is 11.6. The van der Waals surface area contributed by atoms with Gasteiger partial charge in [-0.3, -0.25) is 9.88 Å². The third-order valence-electron chi connectivity index (χ3n) is 4.39. The zero-order chi connectivity index (χ0) is 13.0. The molecule has 1 aromatic rings. The van der Waals surface area contributed by atoms with E-state index in [1.54, 1.807) is 0 Å². The second-order valence-electron chi connectivity index (χ2n) is 5.81. The molecule has 3 heteroatoms. The van der Waals surface area contributed by atoms with Gasteiger partial charge >= 0.3 is 0 Å². The Kier molecular flexibility index (Phi) is 4.36. The topological polar surface area (TPSA) is 42.1 Å². The average Bonchev–Trinajstić information content (AvgIpc) is 2.36. The number of pyridine rings is 1. The maximum atomic E-state index is 5.75. The molecule has 1 fully saturated rings. The zero-order valence-electron chi connectivity index (χ0n) is 11.6. The van der Waals surface area contributed by atoms with Crippen LogP contribution >= 0.6 is 0 Å². The van der Waals surface area contributed by atoms with Crippen LogP contribution in [0.5, 0.6) is 0 Å². The lowest BCUT2D eigenvalue weighted by Gasteiger charge is -2.48. The van der Waals surface area contributed by atoms with E-state index in [0.29, 0.717) is 5.92 Å². The van der Waals surface area contributed by atoms with Gasteiger partial charge < -0.3 is 5.73 Å². The number of hydrogen-bond acceptors (Lipinski definition) is 3. The van der Waals surface area contributed by atoms with Gasteiger partial charge in [0.15, 0.2) is 0 Å². The minimum atomic E-state index is 0.231. The summed E-state index contributed by atoms with van der Waals surface area (Å²) in [6.45, 7) is 7.63. The van der Waals surface area contributed by atoms with E-state index in [0.717, 1.165) is 19.5 Å². The summed E-state index contributed by atoms with van der Waals surface area (Å²) in [5.41, 5.74) is 7.14. The minimum absolute atomic E-state index is 0.231. The molecule has 0 radical (unpaired) electrons. The Morgan fingerprint density at radius 2 is 2.28 bits per heavy atom. The van der Waals surface area contributed by atoms with Gasteiger partial charge in [0.2, 0.25) is 0 Å². The highest BCUT2D eigenvalue weighted by Crippen LogP contribution is 2.35. The van der Waals surface area contributed by atoms with Gasteiger partial charge in [-0.2, -0.15) is 0 Å². The van der Waals surface area contributed by atoms with Crippen molar-refractivity contribution in [3.05, 3.63) is 30.1 Å². The Morgan fingerprint density at radius 3 is 2.94 bits per heavy atom. The molecule has 3 nitrogen and oxygen atoms in total. The fraction of sp³-hybridized carbons (Fsp3) is 0.667. The monoisotopic (exact) mass is 247 g/mol. The van der Waals surface area contributed by atoms with Crippen LogP contribution in [0.2, 0.25) is 0 Å². The summed E-state index contributed by atoms with van der Waals surface area (Å²) in [5, 5.41) is 0. The van der Waals surface area contributed by atoms with Crippen molar-refractivity contribution in [2.24, 2.45) is 11.7 Å². The summed E-state index contributed by atoms with van der Waals surface area (Å²) in [6.07, 6.45) is 5.60. The fourth-order valence-corrected chi connectivity index (χ4v) is 3.10. The first kappa shape index (κ1) is 13.5. The van der Waals surface area contributed by atoms with E-state index in [1.165, 1.54) is 25.1 Å². The van der Waals surface area contributed by atoms with Crippen molar-refractivity contribution in [2.75, 3.05) is 13.1 Å². The van der Waals surface area contributed by atoms with Gasteiger partial charge in [0, 0.05) is 18.3 Å². The molecule has 1 aliphatic rings. The Labute approximate surface area is 110 Å². The predicted molar refractivity (Wildman–Crippen MR) is 75.1 cm³/mol. The summed E-state index contributed by atoms with van der Waals surface area (Å²) < 4.78 is 0. The second kappa shape index (κ2) is 5.81. The van der Waals surface area contributed by atoms with Crippen molar-refractivity contribution in [1.29, 1.82) is 0 Å². The lowest BCUT2D eigenvalue weighted by Crippen LogP contribution is -2.53. The van der Waals surface area contributed by atoms with Crippen molar-refractivity contribution < 1.29 is 0 Å². The summed E-state index contributed by atoms with van der Waals surface area (Å²) in [5.74, 6) is 0.708. The van der Waals surface area contributed by atoms with Crippen LogP contribution in [0.1, 0.15) is 38.8 Å². The van der Waals surface area contributed by atoms with Crippen molar-refractivity contribution in [1.82, 2.24) is 9.88 Å². The van der Waals surface area contributed by atoms with E-state index in [2.05, 4.69) is 35.9 Å². The summed E-state index contributed by atoms with van der Waals surface area (Å²) in [4.78, 5) is 7.01. The first-order chi connectivity index (χ1) is 8.64. The molecule has 0 aliphatic carbocycles. The van der Waals surface area contributed by atoms with E-state index >= 15 is 0 Å². The van der Waals surface area contributed by atoms with Gasteiger partial charge in [-0.15, -0.1) is 0 Å².